The summed E-state index contributed by atoms with van der Waals surface area (Å²) in [5.41, 5.74) is -16.9. The molecule has 3 rings (SSSR count). The minimum atomic E-state index is -6.78. The molecule has 5 nitrogen and oxygen atoms in total. The second kappa shape index (κ2) is 11.9. The lowest BCUT2D eigenvalue weighted by molar-refractivity contribution is -0.348. The second-order valence-electron chi connectivity index (χ2n) is 8.82. The Morgan fingerprint density at radius 1 is 0.733 bits per heavy atom. The van der Waals surface area contributed by atoms with Gasteiger partial charge in [-0.05, 0) is 71.1 Å². The molecule has 20 heteroatoms. The maximum atomic E-state index is 15.2. The maximum Gasteiger partial charge on any atom is 0.435 e. The van der Waals surface area contributed by atoms with Crippen molar-refractivity contribution in [2.24, 2.45) is 0 Å². The van der Waals surface area contributed by atoms with Crippen LogP contribution in [-0.4, -0.2) is 29.4 Å². The van der Waals surface area contributed by atoms with E-state index in [1.54, 1.807) is 0 Å². The molecule has 0 aromatic heterocycles. The Bertz CT molecular complexity index is 1600. The van der Waals surface area contributed by atoms with Crippen molar-refractivity contribution >= 4 is 45.8 Å². The van der Waals surface area contributed by atoms with Gasteiger partial charge in [0.2, 0.25) is 0 Å². The summed E-state index contributed by atoms with van der Waals surface area (Å²) in [6, 6.07) is 3.03. The molecule has 0 spiro atoms. The summed E-state index contributed by atoms with van der Waals surface area (Å²) >= 11 is 0.776. The number of rotatable bonds is 5. The third kappa shape index (κ3) is 6.94. The number of hydrogen-bond acceptors (Lipinski definition) is 3. The van der Waals surface area contributed by atoms with Gasteiger partial charge in [-0.25, -0.2) is 8.78 Å². The Balaban J connectivity index is 2.04. The summed E-state index contributed by atoms with van der Waals surface area (Å²) < 4.78 is 187. The molecule has 0 aliphatic heterocycles. The number of hydrogen-bond donors (Lipinski definition) is 2. The standard InChI is InChI=1S/C25H11F14IN2O3/c26-17-13(2-1-3-16(17)42(45)20(44)10-4-6-11(7-5-10)22(28,29)30)19(43)41-18-14(23(31,32)33)8-12(9-15(18)40)21(27,24(34,35)36)25(37,38)39/h1-9,45H,(H,41,43). The van der Waals surface area contributed by atoms with Gasteiger partial charge in [0.05, 0.1) is 22.4 Å². The summed E-state index contributed by atoms with van der Waals surface area (Å²) in [6.45, 7) is 0. The molecule has 0 aliphatic rings. The first-order valence-corrected chi connectivity index (χ1v) is 12.4. The molecule has 2 N–H and O–H groups in total. The molecule has 0 bridgehead atoms. The fourth-order valence-electron chi connectivity index (χ4n) is 3.72. The molecule has 45 heavy (non-hydrogen) atoms. The number of nitrogens with zero attached hydrogens (tertiary/aromatic N) is 1. The number of amides is 2. The first kappa shape index (κ1) is 35.8. The number of nitrogens with one attached hydrogen (secondary N) is 1. The smallest absolute Gasteiger partial charge is 0.320 e. The van der Waals surface area contributed by atoms with E-state index in [1.807, 2.05) is 0 Å². The van der Waals surface area contributed by atoms with Gasteiger partial charge in [-0.2, -0.15) is 57.7 Å². The molecule has 0 radical (unpaired) electrons. The normalized spacial score (nSPS) is 13.1. The van der Waals surface area contributed by atoms with Crippen LogP contribution in [0.25, 0.3) is 0 Å². The fourth-order valence-corrected chi connectivity index (χ4v) is 4.48. The number of hydroxylamine groups is 1. The van der Waals surface area contributed by atoms with Gasteiger partial charge in [-0.15, -0.1) is 0 Å². The highest BCUT2D eigenvalue weighted by molar-refractivity contribution is 14.1. The fraction of sp³-hybridized carbons (Fsp3) is 0.200. The molecule has 3 aromatic carbocycles. The van der Waals surface area contributed by atoms with Gasteiger partial charge in [0.25, 0.3) is 11.8 Å². The van der Waals surface area contributed by atoms with Gasteiger partial charge in [0.1, 0.15) is 5.69 Å². The highest BCUT2D eigenvalue weighted by Crippen LogP contribution is 2.54. The Kier molecular flexibility index (Phi) is 9.47. The third-order valence-corrected chi connectivity index (χ3v) is 6.77. The lowest BCUT2D eigenvalue weighted by Crippen LogP contribution is -2.50. The predicted octanol–water partition coefficient (Wildman–Crippen LogP) is 9.05. The topological polar surface area (TPSA) is 69.6 Å². The van der Waals surface area contributed by atoms with E-state index >= 15 is 4.39 Å². The van der Waals surface area contributed by atoms with Crippen molar-refractivity contribution in [2.45, 2.75) is 30.4 Å². The van der Waals surface area contributed by atoms with E-state index in [-0.39, 0.29) is 6.07 Å². The van der Waals surface area contributed by atoms with Gasteiger partial charge >= 0.3 is 30.4 Å². The molecule has 0 saturated heterocycles. The van der Waals surface area contributed by atoms with E-state index < -0.39 is 102 Å². The lowest BCUT2D eigenvalue weighted by atomic mass is 9.92. The van der Waals surface area contributed by atoms with Crippen LogP contribution in [0.15, 0.2) is 54.6 Å². The Morgan fingerprint density at radius 2 is 1.27 bits per heavy atom. The maximum absolute atomic E-state index is 15.2. The van der Waals surface area contributed by atoms with Crippen LogP contribution in [0.1, 0.15) is 37.4 Å². The van der Waals surface area contributed by atoms with Crippen LogP contribution in [0.5, 0.6) is 0 Å². The number of anilines is 2. The summed E-state index contributed by atoms with van der Waals surface area (Å²) in [5.74, 6) is -5.18. The predicted molar refractivity (Wildman–Crippen MR) is 133 cm³/mol. The lowest BCUT2D eigenvalue weighted by Gasteiger charge is -2.31. The first-order chi connectivity index (χ1) is 20.3. The average Bonchev–Trinajstić information content (AvgIpc) is 2.90. The van der Waals surface area contributed by atoms with Crippen molar-refractivity contribution in [1.82, 2.24) is 0 Å². The SMILES string of the molecule is O=C(Nc1c(I)cc(C(F)(C(F)(F)F)C(F)(F)F)cc1C(F)(F)F)c1cccc(N(O)C(=O)c2ccc(C(F)(F)F)cc2)c1F. The Hall–Kier alpha value is -3.69. The van der Waals surface area contributed by atoms with Crippen molar-refractivity contribution in [3.05, 3.63) is 91.8 Å². The number of carbonyl (C=O) groups excluding carboxylic acids is 2. The van der Waals surface area contributed by atoms with E-state index in [9.17, 15) is 71.9 Å². The molecule has 2 amide bonds. The molecule has 0 atom stereocenters. The molecule has 244 valence electrons. The molecule has 3 aromatic rings. The van der Waals surface area contributed by atoms with Crippen LogP contribution in [-0.2, 0) is 18.0 Å². The monoisotopic (exact) mass is 780 g/mol. The Labute approximate surface area is 254 Å². The summed E-state index contributed by atoms with van der Waals surface area (Å²) in [6.07, 6.45) is -24.2. The van der Waals surface area contributed by atoms with Crippen molar-refractivity contribution in [1.29, 1.82) is 0 Å². The molecule has 0 aliphatic carbocycles. The minimum Gasteiger partial charge on any atom is -0.320 e. The average molecular weight is 780 g/mol. The van der Waals surface area contributed by atoms with Crippen molar-refractivity contribution in [3.8, 4) is 0 Å². The second-order valence-corrected chi connectivity index (χ2v) is 9.98. The van der Waals surface area contributed by atoms with Gasteiger partial charge < -0.3 is 5.32 Å². The largest absolute Gasteiger partial charge is 0.435 e. The van der Waals surface area contributed by atoms with Crippen LogP contribution in [0.4, 0.5) is 72.8 Å². The minimum absolute atomic E-state index is 0.267. The van der Waals surface area contributed by atoms with Crippen LogP contribution in [0.2, 0.25) is 0 Å². The number of alkyl halides is 13. The van der Waals surface area contributed by atoms with Gasteiger partial charge in [0, 0.05) is 14.7 Å². The Morgan fingerprint density at radius 3 is 1.73 bits per heavy atom. The zero-order chi connectivity index (χ0) is 34.5. The van der Waals surface area contributed by atoms with Crippen LogP contribution >= 0.6 is 22.6 Å². The van der Waals surface area contributed by atoms with Crippen molar-refractivity contribution in [3.63, 3.8) is 0 Å². The zero-order valence-corrected chi connectivity index (χ0v) is 23.2. The summed E-state index contributed by atoms with van der Waals surface area (Å²) in [5, 5.41) is 11.2. The van der Waals surface area contributed by atoms with Gasteiger partial charge in [-0.3, -0.25) is 14.8 Å². The van der Waals surface area contributed by atoms with Crippen LogP contribution in [0, 0.1) is 9.39 Å². The summed E-state index contributed by atoms with van der Waals surface area (Å²) in [4.78, 5) is 25.3. The highest BCUT2D eigenvalue weighted by Gasteiger charge is 2.73. The number of carbonyl (C=O) groups is 2. The quantitative estimate of drug-likeness (QED) is 0.118. The zero-order valence-electron chi connectivity index (χ0n) is 21.1. The van der Waals surface area contributed by atoms with E-state index in [2.05, 4.69) is 0 Å². The molecular formula is C25H11F14IN2O3. The van der Waals surface area contributed by atoms with E-state index in [1.165, 1.54) is 5.32 Å². The first-order valence-electron chi connectivity index (χ1n) is 11.4. The molecule has 0 fully saturated rings. The molecular weight excluding hydrogens is 769 g/mol. The van der Waals surface area contributed by atoms with Gasteiger partial charge in [0.15, 0.2) is 5.82 Å². The van der Waals surface area contributed by atoms with Crippen LogP contribution in [0.3, 0.4) is 0 Å². The van der Waals surface area contributed by atoms with Crippen molar-refractivity contribution < 1.29 is 76.3 Å². The molecule has 0 unspecified atom stereocenters. The van der Waals surface area contributed by atoms with E-state index in [0.29, 0.717) is 36.4 Å². The van der Waals surface area contributed by atoms with E-state index in [4.69, 9.17) is 0 Å². The number of benzene rings is 3. The third-order valence-electron chi connectivity index (χ3n) is 5.92. The van der Waals surface area contributed by atoms with E-state index in [0.717, 1.165) is 28.7 Å². The van der Waals surface area contributed by atoms with Crippen molar-refractivity contribution in [2.75, 3.05) is 10.4 Å². The summed E-state index contributed by atoms with van der Waals surface area (Å²) in [7, 11) is 0. The number of halogens is 15. The molecule has 0 heterocycles. The molecule has 0 saturated carbocycles. The highest BCUT2D eigenvalue weighted by atomic mass is 127. The van der Waals surface area contributed by atoms with Gasteiger partial charge in [-0.1, -0.05) is 6.07 Å². The van der Waals surface area contributed by atoms with Crippen LogP contribution < -0.4 is 10.4 Å².